The highest BCUT2D eigenvalue weighted by molar-refractivity contribution is 5.97. The number of anilines is 1. The molecule has 0 atom stereocenters. The van der Waals surface area contributed by atoms with Gasteiger partial charge in [-0.25, -0.2) is 4.39 Å². The van der Waals surface area contributed by atoms with Crippen LogP contribution in [0.1, 0.15) is 40.7 Å². The summed E-state index contributed by atoms with van der Waals surface area (Å²) in [5.41, 5.74) is 2.94. The molecule has 0 aliphatic rings. The van der Waals surface area contributed by atoms with E-state index in [1.165, 1.54) is 6.07 Å². The van der Waals surface area contributed by atoms with Crippen molar-refractivity contribution in [3.63, 3.8) is 0 Å². The number of benzene rings is 2. The summed E-state index contributed by atoms with van der Waals surface area (Å²) >= 11 is 0. The zero-order valence-corrected chi connectivity index (χ0v) is 17.1. The topological polar surface area (TPSA) is 97.1 Å². The van der Waals surface area contributed by atoms with Crippen molar-refractivity contribution in [1.29, 1.82) is 0 Å². The Hall–Kier alpha value is -3.55. The molecule has 0 saturated heterocycles. The minimum atomic E-state index is -0.344. The van der Waals surface area contributed by atoms with Gasteiger partial charge >= 0.3 is 0 Å². The fraction of sp³-hybridized carbons (Fsp3) is 0.273. The Morgan fingerprint density at radius 3 is 2.60 bits per heavy atom. The summed E-state index contributed by atoms with van der Waals surface area (Å²) in [4.78, 5) is 28.6. The lowest BCUT2D eigenvalue weighted by atomic mass is 10.1. The molecule has 0 saturated carbocycles. The highest BCUT2D eigenvalue weighted by Crippen LogP contribution is 2.20. The van der Waals surface area contributed by atoms with Gasteiger partial charge in [0.15, 0.2) is 0 Å². The summed E-state index contributed by atoms with van der Waals surface area (Å²) < 4.78 is 18.9. The number of hydrogen-bond acceptors (Lipinski definition) is 5. The summed E-state index contributed by atoms with van der Waals surface area (Å²) in [6.45, 7) is 5.89. The van der Waals surface area contributed by atoms with Gasteiger partial charge in [0.25, 0.3) is 5.91 Å². The fourth-order valence-electron chi connectivity index (χ4n) is 2.80. The van der Waals surface area contributed by atoms with E-state index in [0.29, 0.717) is 28.9 Å². The van der Waals surface area contributed by atoms with Gasteiger partial charge in [0, 0.05) is 36.2 Å². The van der Waals surface area contributed by atoms with Crippen molar-refractivity contribution in [2.45, 2.75) is 33.6 Å². The summed E-state index contributed by atoms with van der Waals surface area (Å²) in [6.07, 6.45) is 0.358. The molecule has 2 N–H and O–H groups in total. The van der Waals surface area contributed by atoms with Crippen LogP contribution in [0.25, 0.3) is 11.4 Å². The SMILES string of the molecule is CCNC(=O)c1ccc(C)c(NC(=O)CCc2nc(-c3ccc(C)c(F)c3)no2)c1. The van der Waals surface area contributed by atoms with E-state index in [1.807, 2.05) is 13.8 Å². The Balaban J connectivity index is 1.61. The van der Waals surface area contributed by atoms with E-state index in [4.69, 9.17) is 4.52 Å². The van der Waals surface area contributed by atoms with E-state index in [1.54, 1.807) is 37.3 Å². The lowest BCUT2D eigenvalue weighted by Gasteiger charge is -2.10. The van der Waals surface area contributed by atoms with Crippen molar-refractivity contribution in [2.24, 2.45) is 0 Å². The largest absolute Gasteiger partial charge is 0.352 e. The number of rotatable bonds is 7. The molecule has 1 heterocycles. The van der Waals surface area contributed by atoms with Gasteiger partial charge in [-0.15, -0.1) is 0 Å². The molecular weight excluding hydrogens is 387 g/mol. The number of nitrogens with zero attached hydrogens (tertiary/aromatic N) is 2. The minimum absolute atomic E-state index is 0.120. The maximum atomic E-state index is 13.7. The van der Waals surface area contributed by atoms with Crippen LogP contribution in [-0.2, 0) is 11.2 Å². The van der Waals surface area contributed by atoms with E-state index >= 15 is 0 Å². The van der Waals surface area contributed by atoms with E-state index in [-0.39, 0.29) is 42.2 Å². The molecule has 0 radical (unpaired) electrons. The molecule has 0 aliphatic carbocycles. The van der Waals surface area contributed by atoms with Crippen molar-refractivity contribution in [3.8, 4) is 11.4 Å². The summed E-state index contributed by atoms with van der Waals surface area (Å²) in [7, 11) is 0. The number of hydrogen-bond donors (Lipinski definition) is 2. The Morgan fingerprint density at radius 2 is 1.87 bits per heavy atom. The smallest absolute Gasteiger partial charge is 0.251 e. The maximum absolute atomic E-state index is 13.7. The zero-order chi connectivity index (χ0) is 21.7. The van der Waals surface area contributed by atoms with Crippen molar-refractivity contribution >= 4 is 17.5 Å². The molecule has 3 aromatic rings. The van der Waals surface area contributed by atoms with Crippen LogP contribution in [0.4, 0.5) is 10.1 Å². The van der Waals surface area contributed by atoms with Crippen molar-refractivity contribution in [2.75, 3.05) is 11.9 Å². The number of amides is 2. The normalized spacial score (nSPS) is 10.7. The number of carbonyl (C=O) groups excluding carboxylic acids is 2. The average Bonchev–Trinajstić information content (AvgIpc) is 3.19. The molecule has 2 amide bonds. The van der Waals surface area contributed by atoms with Gasteiger partial charge in [-0.2, -0.15) is 4.98 Å². The molecule has 0 bridgehead atoms. The number of halogens is 1. The predicted molar refractivity (Wildman–Crippen MR) is 111 cm³/mol. The van der Waals surface area contributed by atoms with Gasteiger partial charge in [-0.3, -0.25) is 9.59 Å². The molecule has 2 aromatic carbocycles. The van der Waals surface area contributed by atoms with Crippen LogP contribution in [0.5, 0.6) is 0 Å². The number of nitrogens with one attached hydrogen (secondary N) is 2. The predicted octanol–water partition coefficient (Wildman–Crippen LogP) is 3.81. The van der Waals surface area contributed by atoms with E-state index in [2.05, 4.69) is 20.8 Å². The first-order chi connectivity index (χ1) is 14.4. The summed E-state index contributed by atoms with van der Waals surface area (Å²) in [6, 6.07) is 9.85. The van der Waals surface area contributed by atoms with Crippen LogP contribution in [0.15, 0.2) is 40.9 Å². The first kappa shape index (κ1) is 21.2. The van der Waals surface area contributed by atoms with Crippen LogP contribution < -0.4 is 10.6 Å². The van der Waals surface area contributed by atoms with E-state index in [0.717, 1.165) is 5.56 Å². The Morgan fingerprint density at radius 1 is 1.10 bits per heavy atom. The number of aromatic nitrogens is 2. The third-order valence-corrected chi connectivity index (χ3v) is 4.58. The third-order valence-electron chi connectivity index (χ3n) is 4.58. The summed E-state index contributed by atoms with van der Waals surface area (Å²) in [5, 5.41) is 9.39. The van der Waals surface area contributed by atoms with Gasteiger partial charge in [0.2, 0.25) is 17.6 Å². The second-order valence-electron chi connectivity index (χ2n) is 6.91. The first-order valence-corrected chi connectivity index (χ1v) is 9.65. The molecule has 7 nitrogen and oxygen atoms in total. The molecule has 1 aromatic heterocycles. The quantitative estimate of drug-likeness (QED) is 0.617. The van der Waals surface area contributed by atoms with Gasteiger partial charge in [-0.05, 0) is 50.1 Å². The highest BCUT2D eigenvalue weighted by Gasteiger charge is 2.13. The van der Waals surface area contributed by atoms with Crippen LogP contribution in [0.3, 0.4) is 0 Å². The first-order valence-electron chi connectivity index (χ1n) is 9.65. The van der Waals surface area contributed by atoms with Gasteiger partial charge < -0.3 is 15.2 Å². The molecule has 0 unspecified atom stereocenters. The molecule has 3 rings (SSSR count). The van der Waals surface area contributed by atoms with Crippen molar-refractivity contribution in [3.05, 3.63) is 64.8 Å². The van der Waals surface area contributed by atoms with Crippen molar-refractivity contribution in [1.82, 2.24) is 15.5 Å². The van der Waals surface area contributed by atoms with Gasteiger partial charge in [-0.1, -0.05) is 23.4 Å². The standard InChI is InChI=1S/C22H23FN4O3/c1-4-24-22(29)16-8-6-14(3)18(12-16)25-19(28)9-10-20-26-21(27-30-20)15-7-5-13(2)17(23)11-15/h5-8,11-12H,4,9-10H2,1-3H3,(H,24,29)(H,25,28). The van der Waals surface area contributed by atoms with Crippen molar-refractivity contribution < 1.29 is 18.5 Å². The van der Waals surface area contributed by atoms with Crippen LogP contribution in [0, 0.1) is 19.7 Å². The molecule has 0 aliphatic heterocycles. The summed E-state index contributed by atoms with van der Waals surface area (Å²) in [5.74, 6) is -0.224. The van der Waals surface area contributed by atoms with Gasteiger partial charge in [0.05, 0.1) is 0 Å². The second kappa shape index (κ2) is 9.30. The Labute approximate surface area is 173 Å². The molecule has 0 spiro atoms. The maximum Gasteiger partial charge on any atom is 0.251 e. The highest BCUT2D eigenvalue weighted by atomic mass is 19.1. The van der Waals surface area contributed by atoms with Crippen LogP contribution >= 0.6 is 0 Å². The fourth-order valence-corrected chi connectivity index (χ4v) is 2.80. The third kappa shape index (κ3) is 5.08. The molecule has 156 valence electrons. The Bertz CT molecular complexity index is 1080. The lowest BCUT2D eigenvalue weighted by molar-refractivity contribution is -0.116. The lowest BCUT2D eigenvalue weighted by Crippen LogP contribution is -2.23. The van der Waals surface area contributed by atoms with E-state index < -0.39 is 0 Å². The minimum Gasteiger partial charge on any atom is -0.352 e. The van der Waals surface area contributed by atoms with Crippen LogP contribution in [0.2, 0.25) is 0 Å². The number of aryl methyl sites for hydroxylation is 3. The van der Waals surface area contributed by atoms with Crippen LogP contribution in [-0.4, -0.2) is 28.5 Å². The number of carbonyl (C=O) groups is 2. The molecule has 30 heavy (non-hydrogen) atoms. The average molecular weight is 410 g/mol. The zero-order valence-electron chi connectivity index (χ0n) is 17.1. The monoisotopic (exact) mass is 410 g/mol. The molecule has 0 fully saturated rings. The second-order valence-corrected chi connectivity index (χ2v) is 6.91. The van der Waals surface area contributed by atoms with Gasteiger partial charge in [0.1, 0.15) is 5.82 Å². The molecule has 8 heteroatoms. The molecular formula is C22H23FN4O3. The Kier molecular flexibility index (Phi) is 6.56. The van der Waals surface area contributed by atoms with E-state index in [9.17, 15) is 14.0 Å².